The minimum atomic E-state index is -0.156. The molecule has 24 heavy (non-hydrogen) atoms. The summed E-state index contributed by atoms with van der Waals surface area (Å²) in [6, 6.07) is 19.5. The predicted molar refractivity (Wildman–Crippen MR) is 95.0 cm³/mol. The van der Waals surface area contributed by atoms with Crippen LogP contribution in [0.4, 0.5) is 0 Å². The first-order valence-electron chi connectivity index (χ1n) is 7.97. The summed E-state index contributed by atoms with van der Waals surface area (Å²) >= 11 is 0. The predicted octanol–water partition coefficient (Wildman–Crippen LogP) is 4.75. The molecule has 1 amide bonds. The molecule has 1 unspecified atom stereocenters. The molecule has 4 nitrogen and oxygen atoms in total. The summed E-state index contributed by atoms with van der Waals surface area (Å²) in [5.41, 5.74) is 2.39. The Bertz CT molecular complexity index is 962. The number of nitrogens with one attached hydrogen (secondary N) is 1. The molecule has 0 spiro atoms. The van der Waals surface area contributed by atoms with E-state index >= 15 is 0 Å². The van der Waals surface area contributed by atoms with E-state index in [1.165, 1.54) is 0 Å². The highest BCUT2D eigenvalue weighted by Gasteiger charge is 2.23. The van der Waals surface area contributed by atoms with Crippen molar-refractivity contribution in [2.75, 3.05) is 7.05 Å². The smallest absolute Gasteiger partial charge is 0.270 e. The number of amides is 1. The van der Waals surface area contributed by atoms with Gasteiger partial charge in [-0.3, -0.25) is 4.79 Å². The standard InChI is InChI=1S/C20H18N2O2/c1-13(19-12-15-8-4-6-10-18(15)24-19)22(2)20(23)17-11-14-7-3-5-9-16(14)21-17/h3-13,21H,1-2H3. The highest BCUT2D eigenvalue weighted by molar-refractivity contribution is 5.98. The van der Waals surface area contributed by atoms with Crippen LogP contribution in [0.5, 0.6) is 0 Å². The van der Waals surface area contributed by atoms with E-state index in [1.807, 2.05) is 67.6 Å². The first kappa shape index (κ1) is 14.6. The lowest BCUT2D eigenvalue weighted by Crippen LogP contribution is -2.29. The third kappa shape index (κ3) is 2.36. The van der Waals surface area contributed by atoms with Crippen molar-refractivity contribution in [3.8, 4) is 0 Å². The molecule has 2 heterocycles. The number of H-pyrrole nitrogens is 1. The Morgan fingerprint density at radius 2 is 1.75 bits per heavy atom. The normalized spacial score (nSPS) is 12.6. The molecule has 0 radical (unpaired) electrons. The van der Waals surface area contributed by atoms with E-state index in [2.05, 4.69) is 4.98 Å². The lowest BCUT2D eigenvalue weighted by Gasteiger charge is -2.22. The Labute approximate surface area is 139 Å². The summed E-state index contributed by atoms with van der Waals surface area (Å²) in [6.07, 6.45) is 0. The third-order valence-electron chi connectivity index (χ3n) is 4.52. The highest BCUT2D eigenvalue weighted by atomic mass is 16.3. The Balaban J connectivity index is 1.63. The van der Waals surface area contributed by atoms with Crippen LogP contribution < -0.4 is 0 Å². The molecule has 0 fully saturated rings. The van der Waals surface area contributed by atoms with Crippen molar-refractivity contribution >= 4 is 27.8 Å². The van der Waals surface area contributed by atoms with E-state index in [4.69, 9.17) is 4.42 Å². The molecule has 0 saturated carbocycles. The van der Waals surface area contributed by atoms with E-state index in [9.17, 15) is 4.79 Å². The number of benzene rings is 2. The zero-order valence-corrected chi connectivity index (χ0v) is 13.6. The molecule has 4 aromatic rings. The van der Waals surface area contributed by atoms with Gasteiger partial charge in [0.05, 0.1) is 6.04 Å². The van der Waals surface area contributed by atoms with Gasteiger partial charge in [-0.2, -0.15) is 0 Å². The Hall–Kier alpha value is -3.01. The summed E-state index contributed by atoms with van der Waals surface area (Å²) in [4.78, 5) is 17.7. The monoisotopic (exact) mass is 318 g/mol. The van der Waals surface area contributed by atoms with Gasteiger partial charge in [0.1, 0.15) is 17.0 Å². The molecule has 0 bridgehead atoms. The van der Waals surface area contributed by atoms with E-state index in [0.29, 0.717) is 5.69 Å². The van der Waals surface area contributed by atoms with Crippen LogP contribution in [0.25, 0.3) is 21.9 Å². The van der Waals surface area contributed by atoms with Gasteiger partial charge in [0.2, 0.25) is 0 Å². The van der Waals surface area contributed by atoms with Gasteiger partial charge in [0, 0.05) is 23.3 Å². The molecule has 0 saturated heterocycles. The number of carbonyl (C=O) groups excluding carboxylic acids is 1. The van der Waals surface area contributed by atoms with E-state index in [1.54, 1.807) is 11.9 Å². The van der Waals surface area contributed by atoms with Crippen molar-refractivity contribution in [2.24, 2.45) is 0 Å². The average molecular weight is 318 g/mol. The number of rotatable bonds is 3. The van der Waals surface area contributed by atoms with Crippen molar-refractivity contribution in [3.63, 3.8) is 0 Å². The fraction of sp³-hybridized carbons (Fsp3) is 0.150. The number of hydrogen-bond acceptors (Lipinski definition) is 2. The second kappa shape index (κ2) is 5.57. The van der Waals surface area contributed by atoms with Crippen LogP contribution in [-0.2, 0) is 0 Å². The van der Waals surface area contributed by atoms with Gasteiger partial charge in [-0.25, -0.2) is 0 Å². The summed E-state index contributed by atoms with van der Waals surface area (Å²) in [5.74, 6) is 0.724. The summed E-state index contributed by atoms with van der Waals surface area (Å²) in [5, 5.41) is 2.08. The lowest BCUT2D eigenvalue weighted by atomic mass is 10.2. The fourth-order valence-electron chi connectivity index (χ4n) is 2.95. The third-order valence-corrected chi connectivity index (χ3v) is 4.52. The molecule has 4 heteroatoms. The largest absolute Gasteiger partial charge is 0.459 e. The Kier molecular flexibility index (Phi) is 3.38. The van der Waals surface area contributed by atoms with E-state index in [-0.39, 0.29) is 11.9 Å². The van der Waals surface area contributed by atoms with Crippen LogP contribution >= 0.6 is 0 Å². The van der Waals surface area contributed by atoms with Gasteiger partial charge >= 0.3 is 0 Å². The van der Waals surface area contributed by atoms with Gasteiger partial charge < -0.3 is 14.3 Å². The van der Waals surface area contributed by atoms with Crippen LogP contribution in [0, 0.1) is 0 Å². The maximum absolute atomic E-state index is 12.8. The quantitative estimate of drug-likeness (QED) is 0.593. The van der Waals surface area contributed by atoms with Crippen molar-refractivity contribution in [2.45, 2.75) is 13.0 Å². The van der Waals surface area contributed by atoms with Crippen LogP contribution in [0.2, 0.25) is 0 Å². The first-order chi connectivity index (χ1) is 11.6. The summed E-state index contributed by atoms with van der Waals surface area (Å²) in [6.45, 7) is 1.97. The maximum atomic E-state index is 12.8. The zero-order chi connectivity index (χ0) is 16.7. The lowest BCUT2D eigenvalue weighted by molar-refractivity contribution is 0.0722. The van der Waals surface area contributed by atoms with E-state index < -0.39 is 0 Å². The average Bonchev–Trinajstić information content (AvgIpc) is 3.23. The van der Waals surface area contributed by atoms with Gasteiger partial charge in [-0.15, -0.1) is 0 Å². The molecule has 1 atom stereocenters. The van der Waals surface area contributed by atoms with Gasteiger partial charge in [0.15, 0.2) is 0 Å². The molecule has 1 N–H and O–H groups in total. The maximum Gasteiger partial charge on any atom is 0.270 e. The number of aromatic nitrogens is 1. The van der Waals surface area contributed by atoms with Gasteiger partial charge in [0.25, 0.3) is 5.91 Å². The molecule has 0 aliphatic heterocycles. The fourth-order valence-corrected chi connectivity index (χ4v) is 2.95. The topological polar surface area (TPSA) is 49.2 Å². The highest BCUT2D eigenvalue weighted by Crippen LogP contribution is 2.27. The minimum Gasteiger partial charge on any atom is -0.459 e. The van der Waals surface area contributed by atoms with Gasteiger partial charge in [-0.1, -0.05) is 36.4 Å². The minimum absolute atomic E-state index is 0.0563. The second-order valence-electron chi connectivity index (χ2n) is 6.05. The molecular weight excluding hydrogens is 300 g/mol. The van der Waals surface area contributed by atoms with Crippen LogP contribution in [0.15, 0.2) is 65.1 Å². The van der Waals surface area contributed by atoms with Crippen molar-refractivity contribution < 1.29 is 9.21 Å². The molecule has 2 aromatic carbocycles. The molecule has 0 aliphatic carbocycles. The molecule has 120 valence electrons. The molecule has 2 aromatic heterocycles. The number of fused-ring (bicyclic) bond motifs is 2. The number of nitrogens with zero attached hydrogens (tertiary/aromatic N) is 1. The van der Waals surface area contributed by atoms with Crippen LogP contribution in [0.1, 0.15) is 29.2 Å². The number of para-hydroxylation sites is 2. The zero-order valence-electron chi connectivity index (χ0n) is 13.6. The number of furan rings is 1. The number of aromatic amines is 1. The Morgan fingerprint density at radius 3 is 2.50 bits per heavy atom. The molecule has 4 rings (SSSR count). The first-order valence-corrected chi connectivity index (χ1v) is 7.97. The molecule has 0 aliphatic rings. The van der Waals surface area contributed by atoms with Crippen LogP contribution in [0.3, 0.4) is 0 Å². The molecular formula is C20H18N2O2. The van der Waals surface area contributed by atoms with Crippen LogP contribution in [-0.4, -0.2) is 22.8 Å². The second-order valence-corrected chi connectivity index (χ2v) is 6.05. The van der Waals surface area contributed by atoms with E-state index in [0.717, 1.165) is 27.6 Å². The number of carbonyl (C=O) groups is 1. The van der Waals surface area contributed by atoms with Gasteiger partial charge in [-0.05, 0) is 31.2 Å². The van der Waals surface area contributed by atoms with Crippen molar-refractivity contribution in [3.05, 3.63) is 72.1 Å². The summed E-state index contributed by atoms with van der Waals surface area (Å²) in [7, 11) is 1.80. The Morgan fingerprint density at radius 1 is 1.04 bits per heavy atom. The summed E-state index contributed by atoms with van der Waals surface area (Å²) < 4.78 is 5.89. The number of hydrogen-bond donors (Lipinski definition) is 1. The van der Waals surface area contributed by atoms with Crippen molar-refractivity contribution in [1.29, 1.82) is 0 Å². The SMILES string of the molecule is CC(c1cc2ccccc2o1)N(C)C(=O)c1cc2ccccc2[nH]1. The van der Waals surface area contributed by atoms with Crippen molar-refractivity contribution in [1.82, 2.24) is 9.88 Å².